The molecule has 0 spiro atoms. The molecule has 60 valence electrons. The van der Waals surface area contributed by atoms with Gasteiger partial charge in [-0.15, -0.1) is 11.3 Å². The first-order valence-electron chi connectivity index (χ1n) is 2.79. The number of rotatable bonds is 1. The summed E-state index contributed by atoms with van der Waals surface area (Å²) in [7, 11) is 0. The molecule has 1 heterocycles. The molecule has 0 saturated carbocycles. The van der Waals surface area contributed by atoms with E-state index in [1.807, 2.05) is 0 Å². The minimum atomic E-state index is 0.471. The van der Waals surface area contributed by atoms with Gasteiger partial charge in [0.15, 0.2) is 0 Å². The molecule has 1 rings (SSSR count). The number of thiophene rings is 1. The van der Waals surface area contributed by atoms with E-state index >= 15 is 0 Å². The summed E-state index contributed by atoms with van der Waals surface area (Å²) < 4.78 is 1.14. The summed E-state index contributed by atoms with van der Waals surface area (Å²) in [6, 6.07) is 1.67. The molecule has 2 nitrogen and oxygen atoms in total. The topological polar surface area (TPSA) is 32.6 Å². The molecule has 0 aliphatic heterocycles. The Bertz CT molecular complexity index is 295. The summed E-state index contributed by atoms with van der Waals surface area (Å²) in [5.41, 5.74) is 1.15. The third-order valence-electron chi connectivity index (χ3n) is 1.20. The van der Waals surface area contributed by atoms with Crippen molar-refractivity contribution in [2.24, 2.45) is 5.16 Å². The normalized spacial score (nSPS) is 12.1. The van der Waals surface area contributed by atoms with Gasteiger partial charge in [0, 0.05) is 5.56 Å². The van der Waals surface area contributed by atoms with Gasteiger partial charge in [-0.1, -0.05) is 28.4 Å². The standard InChI is InChI=1S/C6H5Cl2NOS/c1-3(9-10)4-2-5(7)11-6(4)8/h2,10H,1H3/b9-3+. The first kappa shape index (κ1) is 8.84. The number of hydrogen-bond acceptors (Lipinski definition) is 3. The molecule has 0 amide bonds. The molecule has 0 atom stereocenters. The van der Waals surface area contributed by atoms with Crippen molar-refractivity contribution in [1.82, 2.24) is 0 Å². The van der Waals surface area contributed by atoms with Crippen LogP contribution in [0.15, 0.2) is 11.2 Å². The lowest BCUT2D eigenvalue weighted by molar-refractivity contribution is 0.319. The maximum Gasteiger partial charge on any atom is 0.104 e. The van der Waals surface area contributed by atoms with Gasteiger partial charge in [0.05, 0.1) is 10.0 Å². The second-order valence-electron chi connectivity index (χ2n) is 1.92. The van der Waals surface area contributed by atoms with Gasteiger partial charge in [-0.3, -0.25) is 0 Å². The molecule has 0 aliphatic rings. The van der Waals surface area contributed by atoms with Crippen molar-refractivity contribution in [3.8, 4) is 0 Å². The lowest BCUT2D eigenvalue weighted by atomic mass is 10.2. The molecule has 0 aromatic carbocycles. The van der Waals surface area contributed by atoms with Crippen LogP contribution in [0, 0.1) is 0 Å². The molecule has 11 heavy (non-hydrogen) atoms. The summed E-state index contributed by atoms with van der Waals surface area (Å²) in [5.74, 6) is 0. The highest BCUT2D eigenvalue weighted by molar-refractivity contribution is 7.20. The quantitative estimate of drug-likeness (QED) is 0.430. The summed E-state index contributed by atoms with van der Waals surface area (Å²) in [6.07, 6.45) is 0. The van der Waals surface area contributed by atoms with E-state index in [1.165, 1.54) is 11.3 Å². The van der Waals surface area contributed by atoms with Crippen LogP contribution < -0.4 is 0 Å². The van der Waals surface area contributed by atoms with Crippen molar-refractivity contribution in [3.63, 3.8) is 0 Å². The van der Waals surface area contributed by atoms with Crippen LogP contribution in [0.1, 0.15) is 12.5 Å². The van der Waals surface area contributed by atoms with Crippen molar-refractivity contribution in [3.05, 3.63) is 20.3 Å². The number of halogens is 2. The zero-order chi connectivity index (χ0) is 8.43. The van der Waals surface area contributed by atoms with Gasteiger partial charge >= 0.3 is 0 Å². The van der Waals surface area contributed by atoms with E-state index in [0.29, 0.717) is 19.9 Å². The maximum absolute atomic E-state index is 8.41. The molecule has 5 heteroatoms. The fourth-order valence-corrected chi connectivity index (χ4v) is 2.21. The number of hydrogen-bond donors (Lipinski definition) is 1. The smallest absolute Gasteiger partial charge is 0.104 e. The molecular formula is C6H5Cl2NOS. The Balaban J connectivity index is 3.13. The third kappa shape index (κ3) is 1.86. The molecule has 0 saturated heterocycles. The summed E-state index contributed by atoms with van der Waals surface area (Å²) >= 11 is 12.7. The second kappa shape index (κ2) is 3.43. The van der Waals surface area contributed by atoms with E-state index in [4.69, 9.17) is 28.4 Å². The fourth-order valence-electron chi connectivity index (χ4n) is 0.641. The number of nitrogens with zero attached hydrogens (tertiary/aromatic N) is 1. The van der Waals surface area contributed by atoms with E-state index in [0.717, 1.165) is 0 Å². The van der Waals surface area contributed by atoms with Crippen molar-refractivity contribution in [1.29, 1.82) is 0 Å². The van der Waals surface area contributed by atoms with Crippen LogP contribution in [0.4, 0.5) is 0 Å². The molecule has 0 fully saturated rings. The third-order valence-corrected chi connectivity index (χ3v) is 2.68. The predicted molar refractivity (Wildman–Crippen MR) is 48.3 cm³/mol. The Morgan fingerprint density at radius 2 is 2.27 bits per heavy atom. The Kier molecular flexibility index (Phi) is 2.76. The highest BCUT2D eigenvalue weighted by Gasteiger charge is 2.08. The van der Waals surface area contributed by atoms with Crippen LogP contribution in [-0.4, -0.2) is 10.9 Å². The predicted octanol–water partition coefficient (Wildman–Crippen LogP) is 3.25. The van der Waals surface area contributed by atoms with Gasteiger partial charge in [-0.2, -0.15) is 0 Å². The SMILES string of the molecule is C/C(=N\O)c1cc(Cl)sc1Cl. The minimum absolute atomic E-state index is 0.471. The zero-order valence-electron chi connectivity index (χ0n) is 5.64. The van der Waals surface area contributed by atoms with Crippen molar-refractivity contribution in [2.45, 2.75) is 6.92 Å². The Morgan fingerprint density at radius 3 is 2.64 bits per heavy atom. The van der Waals surface area contributed by atoms with Crippen molar-refractivity contribution in [2.75, 3.05) is 0 Å². The monoisotopic (exact) mass is 209 g/mol. The van der Waals surface area contributed by atoms with Gasteiger partial charge in [0.25, 0.3) is 0 Å². The molecule has 1 aromatic rings. The minimum Gasteiger partial charge on any atom is -0.411 e. The van der Waals surface area contributed by atoms with Crippen LogP contribution in [0.5, 0.6) is 0 Å². The summed E-state index contributed by atoms with van der Waals surface area (Å²) in [5, 5.41) is 11.4. The average Bonchev–Trinajstić information content (AvgIpc) is 2.28. The van der Waals surface area contributed by atoms with Gasteiger partial charge in [0.1, 0.15) is 4.34 Å². The average molecular weight is 210 g/mol. The van der Waals surface area contributed by atoms with Gasteiger partial charge in [-0.05, 0) is 13.0 Å². The number of oxime groups is 1. The molecule has 0 bridgehead atoms. The lowest BCUT2D eigenvalue weighted by Crippen LogP contribution is -1.91. The van der Waals surface area contributed by atoms with E-state index in [-0.39, 0.29) is 0 Å². The lowest BCUT2D eigenvalue weighted by Gasteiger charge is -1.91. The van der Waals surface area contributed by atoms with Gasteiger partial charge < -0.3 is 5.21 Å². The Morgan fingerprint density at radius 1 is 1.64 bits per heavy atom. The molecule has 1 N–H and O–H groups in total. The first-order valence-corrected chi connectivity index (χ1v) is 4.36. The van der Waals surface area contributed by atoms with Crippen LogP contribution in [0.3, 0.4) is 0 Å². The van der Waals surface area contributed by atoms with E-state index < -0.39 is 0 Å². The van der Waals surface area contributed by atoms with Gasteiger partial charge in [-0.25, -0.2) is 0 Å². The molecule has 1 aromatic heterocycles. The Hall–Kier alpha value is -0.250. The molecular weight excluding hydrogens is 205 g/mol. The van der Waals surface area contributed by atoms with Gasteiger partial charge in [0.2, 0.25) is 0 Å². The fraction of sp³-hybridized carbons (Fsp3) is 0.167. The van der Waals surface area contributed by atoms with Crippen molar-refractivity contribution < 1.29 is 5.21 Å². The first-order chi connectivity index (χ1) is 5.15. The molecule has 0 aliphatic carbocycles. The van der Waals surface area contributed by atoms with Crippen molar-refractivity contribution >= 4 is 40.3 Å². The summed E-state index contributed by atoms with van der Waals surface area (Å²) in [6.45, 7) is 1.66. The van der Waals surface area contributed by atoms with Crippen LogP contribution in [0.2, 0.25) is 8.67 Å². The van der Waals surface area contributed by atoms with E-state index in [9.17, 15) is 0 Å². The zero-order valence-corrected chi connectivity index (χ0v) is 7.96. The van der Waals surface area contributed by atoms with Crippen LogP contribution >= 0.6 is 34.5 Å². The largest absolute Gasteiger partial charge is 0.411 e. The van der Waals surface area contributed by atoms with Crippen LogP contribution in [-0.2, 0) is 0 Å². The highest BCUT2D eigenvalue weighted by Crippen LogP contribution is 2.31. The molecule has 0 unspecified atom stereocenters. The summed E-state index contributed by atoms with van der Waals surface area (Å²) in [4.78, 5) is 0. The highest BCUT2D eigenvalue weighted by atomic mass is 35.5. The van der Waals surface area contributed by atoms with E-state index in [2.05, 4.69) is 5.16 Å². The van der Waals surface area contributed by atoms with Crippen LogP contribution in [0.25, 0.3) is 0 Å². The second-order valence-corrected chi connectivity index (χ2v) is 4.21. The molecule has 0 radical (unpaired) electrons. The Labute approximate surface area is 78.1 Å². The van der Waals surface area contributed by atoms with E-state index in [1.54, 1.807) is 13.0 Å². The maximum atomic E-state index is 8.41.